The van der Waals surface area contributed by atoms with E-state index in [0.29, 0.717) is 10.6 Å². The van der Waals surface area contributed by atoms with E-state index in [0.717, 1.165) is 11.3 Å². The molecule has 0 aliphatic carbocycles. The van der Waals surface area contributed by atoms with Gasteiger partial charge in [0.25, 0.3) is 5.91 Å². The van der Waals surface area contributed by atoms with E-state index in [1.165, 1.54) is 18.2 Å². The van der Waals surface area contributed by atoms with Crippen molar-refractivity contribution in [2.75, 3.05) is 5.32 Å². The number of hydrogen-bond donors (Lipinski definition) is 1. The van der Waals surface area contributed by atoms with E-state index in [4.69, 9.17) is 23.2 Å². The molecular formula is C17H9Cl2F3N2OS. The topological polar surface area (TPSA) is 42.0 Å². The van der Waals surface area contributed by atoms with Crippen molar-refractivity contribution in [2.45, 2.75) is 6.18 Å². The van der Waals surface area contributed by atoms with Gasteiger partial charge in [0.2, 0.25) is 0 Å². The summed E-state index contributed by atoms with van der Waals surface area (Å²) in [7, 11) is 0. The van der Waals surface area contributed by atoms with Gasteiger partial charge in [0, 0.05) is 5.02 Å². The maximum absolute atomic E-state index is 13.3. The van der Waals surface area contributed by atoms with Crippen molar-refractivity contribution in [3.8, 4) is 10.4 Å². The third-order valence-corrected chi connectivity index (χ3v) is 4.90. The lowest BCUT2D eigenvalue weighted by Gasteiger charge is -2.05. The number of anilines is 1. The predicted octanol–water partition coefficient (Wildman–Crippen LogP) is 6.39. The second-order valence-corrected chi connectivity index (χ2v) is 6.98. The van der Waals surface area contributed by atoms with Crippen molar-refractivity contribution >= 4 is 45.6 Å². The second kappa shape index (κ2) is 7.26. The first-order valence-corrected chi connectivity index (χ1v) is 8.73. The smallest absolute Gasteiger partial charge is 0.298 e. The van der Waals surface area contributed by atoms with Crippen LogP contribution >= 0.6 is 34.5 Å². The van der Waals surface area contributed by atoms with Crippen LogP contribution in [0.2, 0.25) is 10.0 Å². The molecule has 2 aromatic carbocycles. The standard InChI is InChI=1S/C17H9Cl2F3N2OS/c18-10-6-7-11(12(19)8-10)15(25)24-16-23-14(17(20,21)22)13(26-16)9-4-2-1-3-5-9/h1-8H,(H,23,24,25). The lowest BCUT2D eigenvalue weighted by Crippen LogP contribution is -2.13. The third kappa shape index (κ3) is 4.00. The van der Waals surface area contributed by atoms with Crippen molar-refractivity contribution in [3.63, 3.8) is 0 Å². The molecule has 0 saturated carbocycles. The van der Waals surface area contributed by atoms with Gasteiger partial charge in [-0.15, -0.1) is 0 Å². The van der Waals surface area contributed by atoms with Crippen molar-refractivity contribution in [3.05, 3.63) is 69.8 Å². The van der Waals surface area contributed by atoms with Gasteiger partial charge in [0.15, 0.2) is 10.8 Å². The van der Waals surface area contributed by atoms with E-state index in [9.17, 15) is 18.0 Å². The molecule has 0 radical (unpaired) electrons. The van der Waals surface area contributed by atoms with Gasteiger partial charge in [-0.2, -0.15) is 13.2 Å². The zero-order valence-corrected chi connectivity index (χ0v) is 15.1. The van der Waals surface area contributed by atoms with E-state index in [-0.39, 0.29) is 20.6 Å². The first kappa shape index (κ1) is 18.7. The van der Waals surface area contributed by atoms with Gasteiger partial charge in [-0.1, -0.05) is 64.9 Å². The van der Waals surface area contributed by atoms with E-state index in [2.05, 4.69) is 10.3 Å². The minimum absolute atomic E-state index is 0.0735. The van der Waals surface area contributed by atoms with Crippen LogP contribution < -0.4 is 5.32 Å². The highest BCUT2D eigenvalue weighted by molar-refractivity contribution is 7.19. The molecule has 26 heavy (non-hydrogen) atoms. The fourth-order valence-corrected chi connectivity index (χ4v) is 3.67. The highest BCUT2D eigenvalue weighted by atomic mass is 35.5. The molecule has 1 N–H and O–H groups in total. The first-order valence-electron chi connectivity index (χ1n) is 7.15. The molecule has 1 heterocycles. The third-order valence-electron chi connectivity index (χ3n) is 3.33. The molecule has 1 amide bonds. The summed E-state index contributed by atoms with van der Waals surface area (Å²) in [6, 6.07) is 12.3. The summed E-state index contributed by atoms with van der Waals surface area (Å²) in [5.41, 5.74) is -0.602. The second-order valence-electron chi connectivity index (χ2n) is 5.14. The Bertz CT molecular complexity index is 958. The molecule has 1 aromatic heterocycles. The van der Waals surface area contributed by atoms with Crippen LogP contribution in [-0.2, 0) is 6.18 Å². The number of rotatable bonds is 3. The monoisotopic (exact) mass is 416 g/mol. The Hall–Kier alpha value is -2.09. The van der Waals surface area contributed by atoms with Crippen LogP contribution in [-0.4, -0.2) is 10.9 Å². The number of amides is 1. The van der Waals surface area contributed by atoms with Crippen LogP contribution in [0.3, 0.4) is 0 Å². The zero-order chi connectivity index (χ0) is 18.9. The minimum Gasteiger partial charge on any atom is -0.298 e. The number of carbonyl (C=O) groups excluding carboxylic acids is 1. The van der Waals surface area contributed by atoms with Crippen molar-refractivity contribution in [2.24, 2.45) is 0 Å². The molecule has 0 aliphatic rings. The Kier molecular flexibility index (Phi) is 5.22. The van der Waals surface area contributed by atoms with E-state index in [1.807, 2.05) is 0 Å². The molecule has 0 spiro atoms. The van der Waals surface area contributed by atoms with Crippen LogP contribution in [0.5, 0.6) is 0 Å². The van der Waals surface area contributed by atoms with Crippen LogP contribution in [0.25, 0.3) is 10.4 Å². The number of halogens is 5. The van der Waals surface area contributed by atoms with Gasteiger partial charge in [-0.05, 0) is 23.8 Å². The largest absolute Gasteiger partial charge is 0.434 e. The van der Waals surface area contributed by atoms with Crippen LogP contribution in [0.4, 0.5) is 18.3 Å². The maximum Gasteiger partial charge on any atom is 0.434 e. The number of alkyl halides is 3. The normalized spacial score (nSPS) is 11.4. The van der Waals surface area contributed by atoms with Gasteiger partial charge in [-0.3, -0.25) is 10.1 Å². The van der Waals surface area contributed by atoms with Gasteiger partial charge >= 0.3 is 6.18 Å². The molecule has 134 valence electrons. The molecule has 0 unspecified atom stereocenters. The predicted molar refractivity (Wildman–Crippen MR) is 97.0 cm³/mol. The minimum atomic E-state index is -4.65. The maximum atomic E-state index is 13.3. The molecule has 9 heteroatoms. The summed E-state index contributed by atoms with van der Waals surface area (Å²) in [4.78, 5) is 15.8. The summed E-state index contributed by atoms with van der Waals surface area (Å²) in [5.74, 6) is -0.672. The zero-order valence-electron chi connectivity index (χ0n) is 12.8. The summed E-state index contributed by atoms with van der Waals surface area (Å²) in [6.45, 7) is 0. The molecule has 0 fully saturated rings. The quantitative estimate of drug-likeness (QED) is 0.537. The molecule has 3 rings (SSSR count). The van der Waals surface area contributed by atoms with Gasteiger partial charge < -0.3 is 0 Å². The van der Waals surface area contributed by atoms with E-state index in [1.54, 1.807) is 30.3 Å². The number of carbonyl (C=O) groups is 1. The molecule has 0 bridgehead atoms. The summed E-state index contributed by atoms with van der Waals surface area (Å²) in [6.07, 6.45) is -4.65. The van der Waals surface area contributed by atoms with Crippen molar-refractivity contribution in [1.29, 1.82) is 0 Å². The van der Waals surface area contributed by atoms with Gasteiger partial charge in [-0.25, -0.2) is 4.98 Å². The highest BCUT2D eigenvalue weighted by Crippen LogP contribution is 2.42. The molecule has 0 atom stereocenters. The molecule has 0 saturated heterocycles. The molecule has 3 nitrogen and oxygen atoms in total. The lowest BCUT2D eigenvalue weighted by molar-refractivity contribution is -0.140. The Morgan fingerprint density at radius 2 is 1.77 bits per heavy atom. The van der Waals surface area contributed by atoms with Gasteiger partial charge in [0.05, 0.1) is 15.5 Å². The number of hydrogen-bond acceptors (Lipinski definition) is 3. The summed E-state index contributed by atoms with van der Waals surface area (Å²) < 4.78 is 39.9. The first-order chi connectivity index (χ1) is 12.3. The Morgan fingerprint density at radius 1 is 1.08 bits per heavy atom. The number of aromatic nitrogens is 1. The fourth-order valence-electron chi connectivity index (χ4n) is 2.19. The molecule has 3 aromatic rings. The lowest BCUT2D eigenvalue weighted by atomic mass is 10.1. The Morgan fingerprint density at radius 3 is 2.38 bits per heavy atom. The van der Waals surface area contributed by atoms with E-state index < -0.39 is 17.8 Å². The van der Waals surface area contributed by atoms with Gasteiger partial charge in [0.1, 0.15) is 0 Å². The summed E-state index contributed by atoms with van der Waals surface area (Å²) >= 11 is 12.5. The number of thiazole rings is 1. The molecule has 0 aliphatic heterocycles. The van der Waals surface area contributed by atoms with Crippen LogP contribution in [0.15, 0.2) is 48.5 Å². The van der Waals surface area contributed by atoms with Crippen LogP contribution in [0.1, 0.15) is 16.1 Å². The van der Waals surface area contributed by atoms with Crippen molar-refractivity contribution in [1.82, 2.24) is 4.98 Å². The number of nitrogens with one attached hydrogen (secondary N) is 1. The Balaban J connectivity index is 1.96. The number of nitrogens with zero attached hydrogens (tertiary/aromatic N) is 1. The van der Waals surface area contributed by atoms with E-state index >= 15 is 0 Å². The van der Waals surface area contributed by atoms with Crippen LogP contribution in [0, 0.1) is 0 Å². The summed E-state index contributed by atoms with van der Waals surface area (Å²) in [5, 5.41) is 2.62. The molecular weight excluding hydrogens is 408 g/mol. The Labute approximate surface area is 160 Å². The fraction of sp³-hybridized carbons (Fsp3) is 0.0588. The average Bonchev–Trinajstić information content (AvgIpc) is 2.99. The highest BCUT2D eigenvalue weighted by Gasteiger charge is 2.38. The average molecular weight is 417 g/mol. The van der Waals surface area contributed by atoms with Crippen molar-refractivity contribution < 1.29 is 18.0 Å². The number of benzene rings is 2. The SMILES string of the molecule is O=C(Nc1nc(C(F)(F)F)c(-c2ccccc2)s1)c1ccc(Cl)cc1Cl.